The molecule has 1 amide bonds. The average molecular weight is 494 g/mol. The Balaban J connectivity index is 1.46. The minimum atomic E-state index is -0.388. The van der Waals surface area contributed by atoms with Crippen LogP contribution < -0.4 is 25.1 Å². The molecule has 0 radical (unpaired) electrons. The van der Waals surface area contributed by atoms with Gasteiger partial charge in [0.2, 0.25) is 12.7 Å². The van der Waals surface area contributed by atoms with Crippen molar-refractivity contribution < 1.29 is 23.4 Å². The quantitative estimate of drug-likeness (QED) is 0.307. The van der Waals surface area contributed by atoms with E-state index < -0.39 is 0 Å². The van der Waals surface area contributed by atoms with Crippen LogP contribution in [-0.2, 0) is 11.3 Å². The summed E-state index contributed by atoms with van der Waals surface area (Å²) >= 11 is 1.14. The molecule has 3 aromatic carbocycles. The molecule has 0 aliphatic carbocycles. The van der Waals surface area contributed by atoms with Gasteiger partial charge in [-0.2, -0.15) is 0 Å². The first-order chi connectivity index (χ1) is 17.0. The number of rotatable bonds is 7. The first-order valence-corrected chi connectivity index (χ1v) is 11.6. The number of hydrogen-bond acceptors (Lipinski definition) is 7. The molecule has 0 atom stereocenters. The van der Waals surface area contributed by atoms with Crippen molar-refractivity contribution in [3.05, 3.63) is 82.4 Å². The van der Waals surface area contributed by atoms with E-state index in [0.717, 1.165) is 17.3 Å². The smallest absolute Gasteiger partial charge is 0.262 e. The summed E-state index contributed by atoms with van der Waals surface area (Å²) in [6.45, 7) is 0.332. The Kier molecular flexibility index (Phi) is 6.28. The molecular weight excluding hydrogens is 473 g/mol. The van der Waals surface area contributed by atoms with Crippen molar-refractivity contribution >= 4 is 34.3 Å². The molecule has 0 unspecified atom stereocenters. The van der Waals surface area contributed by atoms with Crippen LogP contribution in [0.5, 0.6) is 17.2 Å². The van der Waals surface area contributed by atoms with E-state index in [1.807, 2.05) is 24.3 Å². The lowest BCUT2D eigenvalue weighted by Gasteiger charge is -2.14. The topological polar surface area (TPSA) is 91.7 Å². The maximum atomic E-state index is 13.5. The molecule has 0 fully saturated rings. The number of nitrogens with one attached hydrogen (secondary N) is 1. The van der Waals surface area contributed by atoms with Crippen LogP contribution in [0.4, 0.5) is 10.1 Å². The molecule has 5 rings (SSSR count). The van der Waals surface area contributed by atoms with Crippen molar-refractivity contribution in [3.8, 4) is 17.2 Å². The number of nitrogens with zero attached hydrogens (tertiary/aromatic N) is 2. The summed E-state index contributed by atoms with van der Waals surface area (Å²) in [5.74, 6) is 1.02. The number of amides is 1. The number of carbonyl (C=O) groups is 1. The zero-order valence-electron chi connectivity index (χ0n) is 18.6. The predicted octanol–water partition coefficient (Wildman–Crippen LogP) is 4.05. The second kappa shape index (κ2) is 9.67. The van der Waals surface area contributed by atoms with Gasteiger partial charge in [0.15, 0.2) is 16.7 Å². The lowest BCUT2D eigenvalue weighted by molar-refractivity contribution is -0.113. The Bertz CT molecular complexity index is 1460. The molecule has 2 heterocycles. The van der Waals surface area contributed by atoms with Gasteiger partial charge in [-0.15, -0.1) is 0 Å². The van der Waals surface area contributed by atoms with E-state index in [0.29, 0.717) is 39.0 Å². The molecule has 4 aromatic rings. The number of fused-ring (bicyclic) bond motifs is 2. The summed E-state index contributed by atoms with van der Waals surface area (Å²) in [6.07, 6.45) is 0. The summed E-state index contributed by atoms with van der Waals surface area (Å²) in [6, 6.07) is 16.2. The van der Waals surface area contributed by atoms with Gasteiger partial charge in [0.25, 0.3) is 5.56 Å². The summed E-state index contributed by atoms with van der Waals surface area (Å²) in [7, 11) is 1.59. The first-order valence-electron chi connectivity index (χ1n) is 10.7. The molecule has 10 heteroatoms. The highest BCUT2D eigenvalue weighted by atomic mass is 32.2. The number of thioether (sulfide) groups is 1. The summed E-state index contributed by atoms with van der Waals surface area (Å²) in [5.41, 5.74) is 1.54. The molecule has 0 saturated heterocycles. The van der Waals surface area contributed by atoms with Crippen LogP contribution in [0.25, 0.3) is 10.9 Å². The Morgan fingerprint density at radius 3 is 2.54 bits per heavy atom. The predicted molar refractivity (Wildman–Crippen MR) is 130 cm³/mol. The number of methoxy groups -OCH3 is 1. The minimum Gasteiger partial charge on any atom is -0.497 e. The molecule has 0 saturated carbocycles. The molecular formula is C25H20FN3O5S. The zero-order chi connectivity index (χ0) is 24.4. The van der Waals surface area contributed by atoms with Gasteiger partial charge in [-0.05, 0) is 48.0 Å². The lowest BCUT2D eigenvalue weighted by Crippen LogP contribution is -2.25. The Morgan fingerprint density at radius 1 is 1.11 bits per heavy atom. The number of carbonyl (C=O) groups excluding carboxylic acids is 1. The van der Waals surface area contributed by atoms with Gasteiger partial charge in [0.05, 0.1) is 30.3 Å². The van der Waals surface area contributed by atoms with Gasteiger partial charge in [0, 0.05) is 11.8 Å². The van der Waals surface area contributed by atoms with E-state index in [4.69, 9.17) is 14.2 Å². The fourth-order valence-corrected chi connectivity index (χ4v) is 4.41. The third kappa shape index (κ3) is 4.92. The Morgan fingerprint density at radius 2 is 1.83 bits per heavy atom. The van der Waals surface area contributed by atoms with Gasteiger partial charge in [-0.25, -0.2) is 9.37 Å². The van der Waals surface area contributed by atoms with Crippen molar-refractivity contribution in [2.75, 3.05) is 25.0 Å². The van der Waals surface area contributed by atoms with E-state index in [-0.39, 0.29) is 36.4 Å². The second-order valence-electron chi connectivity index (χ2n) is 7.70. The van der Waals surface area contributed by atoms with E-state index >= 15 is 0 Å². The average Bonchev–Trinajstić information content (AvgIpc) is 3.33. The standard InChI is InChI=1S/C25H20FN3O5S/c1-32-18-8-2-15(3-9-18)12-29-24(31)19-10-21-22(34-14-33-21)11-20(19)28-25(29)35-13-23(30)27-17-6-4-16(26)5-7-17/h2-11H,12-14H2,1H3,(H,27,30). The van der Waals surface area contributed by atoms with Crippen LogP contribution in [0.3, 0.4) is 0 Å². The number of anilines is 1. The lowest BCUT2D eigenvalue weighted by atomic mass is 10.2. The van der Waals surface area contributed by atoms with Crippen molar-refractivity contribution in [3.63, 3.8) is 0 Å². The fraction of sp³-hybridized carbons (Fsp3) is 0.160. The van der Waals surface area contributed by atoms with Crippen molar-refractivity contribution in [2.45, 2.75) is 11.7 Å². The van der Waals surface area contributed by atoms with Crippen LogP contribution in [0.2, 0.25) is 0 Å². The first kappa shape index (κ1) is 22.7. The van der Waals surface area contributed by atoms with Gasteiger partial charge < -0.3 is 19.5 Å². The molecule has 1 N–H and O–H groups in total. The van der Waals surface area contributed by atoms with Gasteiger partial charge in [-0.1, -0.05) is 23.9 Å². The van der Waals surface area contributed by atoms with E-state index in [1.165, 1.54) is 28.8 Å². The third-order valence-electron chi connectivity index (χ3n) is 5.37. The monoisotopic (exact) mass is 493 g/mol. The molecule has 1 aliphatic heterocycles. The van der Waals surface area contributed by atoms with Gasteiger partial charge in [0.1, 0.15) is 11.6 Å². The highest BCUT2D eigenvalue weighted by Crippen LogP contribution is 2.35. The van der Waals surface area contributed by atoms with E-state index in [1.54, 1.807) is 19.2 Å². The Hall–Kier alpha value is -4.05. The maximum Gasteiger partial charge on any atom is 0.262 e. The minimum absolute atomic E-state index is 0.00247. The zero-order valence-corrected chi connectivity index (χ0v) is 19.4. The van der Waals surface area contributed by atoms with Gasteiger partial charge >= 0.3 is 0 Å². The fourth-order valence-electron chi connectivity index (χ4n) is 3.61. The summed E-state index contributed by atoms with van der Waals surface area (Å²) in [4.78, 5) is 30.7. The largest absolute Gasteiger partial charge is 0.497 e. The van der Waals surface area contributed by atoms with E-state index in [2.05, 4.69) is 10.3 Å². The third-order valence-corrected chi connectivity index (χ3v) is 6.35. The SMILES string of the molecule is COc1ccc(Cn2c(SCC(=O)Nc3ccc(F)cc3)nc3cc4c(cc3c2=O)OCO4)cc1. The molecule has 8 nitrogen and oxygen atoms in total. The van der Waals surface area contributed by atoms with Crippen LogP contribution in [0, 0.1) is 5.82 Å². The highest BCUT2D eigenvalue weighted by Gasteiger charge is 2.20. The van der Waals surface area contributed by atoms with Gasteiger partial charge in [-0.3, -0.25) is 14.2 Å². The molecule has 1 aliphatic rings. The summed E-state index contributed by atoms with van der Waals surface area (Å²) < 4.78 is 30.7. The molecule has 1 aromatic heterocycles. The number of hydrogen-bond donors (Lipinski definition) is 1. The molecule has 178 valence electrons. The van der Waals surface area contributed by atoms with Crippen molar-refractivity contribution in [1.29, 1.82) is 0 Å². The Labute approximate surface area is 203 Å². The molecule has 35 heavy (non-hydrogen) atoms. The van der Waals surface area contributed by atoms with Crippen LogP contribution >= 0.6 is 11.8 Å². The summed E-state index contributed by atoms with van der Waals surface area (Å²) in [5, 5.41) is 3.49. The van der Waals surface area contributed by atoms with Crippen LogP contribution in [-0.4, -0.2) is 35.1 Å². The normalized spacial score (nSPS) is 12.1. The van der Waals surface area contributed by atoms with Crippen LogP contribution in [0.1, 0.15) is 5.56 Å². The molecule has 0 bridgehead atoms. The number of aromatic nitrogens is 2. The van der Waals surface area contributed by atoms with Crippen LogP contribution in [0.15, 0.2) is 70.6 Å². The number of halogens is 1. The maximum absolute atomic E-state index is 13.5. The van der Waals surface area contributed by atoms with Crippen molar-refractivity contribution in [1.82, 2.24) is 9.55 Å². The number of ether oxygens (including phenoxy) is 3. The van der Waals surface area contributed by atoms with E-state index in [9.17, 15) is 14.0 Å². The van der Waals surface area contributed by atoms with Crippen molar-refractivity contribution in [2.24, 2.45) is 0 Å². The second-order valence-corrected chi connectivity index (χ2v) is 8.64. The highest BCUT2D eigenvalue weighted by molar-refractivity contribution is 7.99. The number of benzene rings is 3. The molecule has 0 spiro atoms.